The molecule has 0 spiro atoms. The first kappa shape index (κ1) is 21.1. The van der Waals surface area contributed by atoms with E-state index in [1.807, 2.05) is 0 Å². The molecule has 19 heavy (non-hydrogen) atoms. The molecule has 2 rings (SSSR count). The van der Waals surface area contributed by atoms with Crippen LogP contribution in [-0.2, 0) is 23.2 Å². The first-order chi connectivity index (χ1) is 7.78. The van der Waals surface area contributed by atoms with Gasteiger partial charge in [0, 0.05) is 0 Å². The predicted molar refractivity (Wildman–Crippen MR) is 95.7 cm³/mol. The molecule has 0 N–H and O–H groups in total. The average Bonchev–Trinajstić information content (AvgIpc) is 2.66. The zero-order chi connectivity index (χ0) is 12.8. The second-order valence-corrected chi connectivity index (χ2v) is 19.0. The molecule has 7 heteroatoms. The van der Waals surface area contributed by atoms with Crippen molar-refractivity contribution in [3.63, 3.8) is 0 Å². The topological polar surface area (TPSA) is 0 Å². The second-order valence-electron chi connectivity index (χ2n) is 5.09. The second kappa shape index (κ2) is 7.61. The maximum atomic E-state index is 2.54. The van der Waals surface area contributed by atoms with Gasteiger partial charge in [-0.1, -0.05) is 0 Å². The van der Waals surface area contributed by atoms with Gasteiger partial charge in [-0.25, -0.2) is 0 Å². The molecule has 0 bridgehead atoms. The van der Waals surface area contributed by atoms with E-state index >= 15 is 0 Å². The molecule has 0 aromatic heterocycles. The number of rotatable bonds is 2. The molecule has 0 radical (unpaired) electrons. The molecule has 2 heterocycles. The standard InChI is InChI=1S/2C6H9P2.2ClH.Zr/c2*1-4-5(2)7-8-6(4)3;;;/h2*1-3H3;2*1H;. The van der Waals surface area contributed by atoms with E-state index in [0.29, 0.717) is 5.73 Å². The molecular formula is C12H20Cl2P4Zr. The number of allylic oxidation sites excluding steroid dienone is 4. The third-order valence-corrected chi connectivity index (χ3v) is 21.6. The van der Waals surface area contributed by atoms with Crippen molar-refractivity contribution in [2.75, 3.05) is 0 Å². The van der Waals surface area contributed by atoms with Crippen molar-refractivity contribution < 1.29 is 23.2 Å². The maximum absolute atomic E-state index is 2.54. The summed E-state index contributed by atoms with van der Waals surface area (Å²) in [5.41, 5.74) is 3.44. The van der Waals surface area contributed by atoms with Crippen molar-refractivity contribution in [1.29, 1.82) is 0 Å². The normalized spacial score (nSPS) is 35.9. The molecule has 0 saturated carbocycles. The minimum Gasteiger partial charge on any atom is -0.147 e. The van der Waals surface area contributed by atoms with Crippen molar-refractivity contribution in [2.45, 2.75) is 47.3 Å². The summed E-state index contributed by atoms with van der Waals surface area (Å²) in [6.07, 6.45) is 0. The fraction of sp³-hybridized carbons (Fsp3) is 0.667. The van der Waals surface area contributed by atoms with Crippen LogP contribution < -0.4 is 0 Å². The molecule has 106 valence electrons. The third-order valence-electron chi connectivity index (χ3n) is 3.83. The van der Waals surface area contributed by atoms with Gasteiger partial charge in [0.1, 0.15) is 0 Å². The van der Waals surface area contributed by atoms with Crippen LogP contribution in [0.4, 0.5) is 0 Å². The minimum atomic E-state index is -0.468. The molecule has 0 amide bonds. The molecular weight excluding hydrogens is 430 g/mol. The molecule has 0 saturated heterocycles. The summed E-state index contributed by atoms with van der Waals surface area (Å²) >= 11 is -0.468. The number of halogens is 2. The zero-order valence-corrected chi connectivity index (χ0v) is 19.8. The molecule has 0 aliphatic carbocycles. The molecule has 2 unspecified atom stereocenters. The monoisotopic (exact) mass is 448 g/mol. The van der Waals surface area contributed by atoms with E-state index in [9.17, 15) is 0 Å². The molecule has 2 atom stereocenters. The van der Waals surface area contributed by atoms with Gasteiger partial charge in [0.15, 0.2) is 0 Å². The minimum absolute atomic E-state index is 0. The Morgan fingerprint density at radius 3 is 1.26 bits per heavy atom. The van der Waals surface area contributed by atoms with E-state index in [0.717, 1.165) is 0 Å². The van der Waals surface area contributed by atoms with Crippen molar-refractivity contribution in [1.82, 2.24) is 0 Å². The van der Waals surface area contributed by atoms with Crippen LogP contribution in [-0.4, -0.2) is 5.73 Å². The molecule has 2 aliphatic heterocycles. The van der Waals surface area contributed by atoms with Crippen LogP contribution in [0.1, 0.15) is 41.5 Å². The first-order valence-corrected chi connectivity index (χ1v) is 13.2. The van der Waals surface area contributed by atoms with Gasteiger partial charge >= 0.3 is 124 Å². The van der Waals surface area contributed by atoms with Gasteiger partial charge in [-0.05, 0) is 0 Å². The van der Waals surface area contributed by atoms with Gasteiger partial charge in [-0.15, -0.1) is 24.8 Å². The molecule has 0 aromatic carbocycles. The summed E-state index contributed by atoms with van der Waals surface area (Å²) in [6.45, 7) is 14.5. The van der Waals surface area contributed by atoms with E-state index in [2.05, 4.69) is 41.5 Å². The number of hydrogen-bond acceptors (Lipinski definition) is 0. The van der Waals surface area contributed by atoms with Gasteiger partial charge in [-0.2, -0.15) is 0 Å². The van der Waals surface area contributed by atoms with Crippen LogP contribution in [0.15, 0.2) is 21.8 Å². The van der Waals surface area contributed by atoms with Crippen LogP contribution in [0, 0.1) is 0 Å². The fourth-order valence-electron chi connectivity index (χ4n) is 2.07. The van der Waals surface area contributed by atoms with Gasteiger partial charge in [0.25, 0.3) is 0 Å². The zero-order valence-electron chi connectivity index (χ0n) is 12.1. The Hall–Kier alpha value is 2.14. The quantitative estimate of drug-likeness (QED) is 0.381. The Bertz CT molecular complexity index is 454. The molecule has 0 nitrogen and oxygen atoms in total. The summed E-state index contributed by atoms with van der Waals surface area (Å²) in [5.74, 6) is 0. The summed E-state index contributed by atoms with van der Waals surface area (Å²) < 4.78 is 1.16. The smallest absolute Gasteiger partial charge is 0.147 e. The van der Waals surface area contributed by atoms with Gasteiger partial charge in [-0.3, -0.25) is 0 Å². The van der Waals surface area contributed by atoms with Crippen molar-refractivity contribution in [3.8, 4) is 0 Å². The molecule has 0 fully saturated rings. The van der Waals surface area contributed by atoms with E-state index in [-0.39, 0.29) is 24.8 Å². The Morgan fingerprint density at radius 1 is 0.737 bits per heavy atom. The first-order valence-electron chi connectivity index (χ1n) is 5.79. The summed E-state index contributed by atoms with van der Waals surface area (Å²) in [5, 5.41) is 3.29. The fourth-order valence-corrected chi connectivity index (χ4v) is 20.9. The average molecular weight is 450 g/mol. The Balaban J connectivity index is 0.00000162. The Morgan fingerprint density at radius 2 is 1.05 bits per heavy atom. The predicted octanol–water partition coefficient (Wildman–Crippen LogP) is 7.57. The van der Waals surface area contributed by atoms with E-state index in [1.165, 1.54) is 0 Å². The number of hydrogen-bond donors (Lipinski definition) is 0. The van der Waals surface area contributed by atoms with Crippen LogP contribution in [0.25, 0.3) is 0 Å². The van der Waals surface area contributed by atoms with Crippen LogP contribution in [0.2, 0.25) is 0 Å². The van der Waals surface area contributed by atoms with E-state index in [4.69, 9.17) is 0 Å². The largest absolute Gasteiger partial charge is 0.147 e. The SMILES string of the molecule is CC1=C(C)[C](C)([Zr][C]2(C)P=PC(C)=C2C)P=P1.Cl.Cl. The van der Waals surface area contributed by atoms with Crippen LogP contribution >= 0.6 is 56.3 Å². The third kappa shape index (κ3) is 4.11. The van der Waals surface area contributed by atoms with Crippen molar-refractivity contribution in [2.24, 2.45) is 0 Å². The van der Waals surface area contributed by atoms with E-state index in [1.54, 1.807) is 53.2 Å². The maximum Gasteiger partial charge on any atom is -0.147 e. The van der Waals surface area contributed by atoms with Crippen LogP contribution in [0.5, 0.6) is 0 Å². The van der Waals surface area contributed by atoms with Crippen LogP contribution in [0.3, 0.4) is 0 Å². The summed E-state index contributed by atoms with van der Waals surface area (Å²) in [7, 11) is 6.49. The van der Waals surface area contributed by atoms with Crippen molar-refractivity contribution >= 4 is 56.3 Å². The summed E-state index contributed by atoms with van der Waals surface area (Å²) in [6, 6.07) is 0. The van der Waals surface area contributed by atoms with Gasteiger partial charge in [0.05, 0.1) is 0 Å². The molecule has 0 aromatic rings. The van der Waals surface area contributed by atoms with Gasteiger partial charge in [0.2, 0.25) is 0 Å². The molecule has 2 aliphatic rings. The van der Waals surface area contributed by atoms with E-state index < -0.39 is 23.2 Å². The Labute approximate surface area is 147 Å². The summed E-state index contributed by atoms with van der Waals surface area (Å²) in [4.78, 5) is 0. The van der Waals surface area contributed by atoms with Crippen molar-refractivity contribution in [3.05, 3.63) is 21.8 Å². The Kier molecular flexibility index (Phi) is 8.47. The van der Waals surface area contributed by atoms with Gasteiger partial charge < -0.3 is 0 Å².